The summed E-state index contributed by atoms with van der Waals surface area (Å²) >= 11 is 0. The van der Waals surface area contributed by atoms with E-state index in [2.05, 4.69) is 14.7 Å². The average molecular weight is 418 g/mol. The van der Waals surface area contributed by atoms with Gasteiger partial charge < -0.3 is 14.4 Å². The van der Waals surface area contributed by atoms with Crippen LogP contribution in [0.3, 0.4) is 0 Å². The van der Waals surface area contributed by atoms with Crippen molar-refractivity contribution in [2.24, 2.45) is 0 Å². The SMILES string of the molecule is CS(=O)(=O)NC1CCN(c2nc(C(F)(F)F)nc3cc4c(cc23)OCO4)CC1. The van der Waals surface area contributed by atoms with Crippen LogP contribution < -0.4 is 19.1 Å². The van der Waals surface area contributed by atoms with Crippen molar-refractivity contribution in [2.75, 3.05) is 31.0 Å². The summed E-state index contributed by atoms with van der Waals surface area (Å²) < 4.78 is 75.8. The summed E-state index contributed by atoms with van der Waals surface area (Å²) in [6.45, 7) is 0.694. The van der Waals surface area contributed by atoms with E-state index < -0.39 is 22.0 Å². The number of hydrogen-bond donors (Lipinski definition) is 1. The Morgan fingerprint density at radius 2 is 1.79 bits per heavy atom. The number of rotatable bonds is 3. The van der Waals surface area contributed by atoms with Crippen molar-refractivity contribution < 1.29 is 31.1 Å². The van der Waals surface area contributed by atoms with E-state index in [1.807, 2.05) is 0 Å². The normalized spacial score (nSPS) is 18.1. The zero-order valence-corrected chi connectivity index (χ0v) is 15.6. The molecule has 3 heterocycles. The van der Waals surface area contributed by atoms with Crippen LogP contribution in [0.2, 0.25) is 0 Å². The summed E-state index contributed by atoms with van der Waals surface area (Å²) in [5.41, 5.74) is 0.109. The number of nitrogens with one attached hydrogen (secondary N) is 1. The lowest BCUT2D eigenvalue weighted by atomic mass is 10.1. The zero-order valence-electron chi connectivity index (χ0n) is 14.8. The lowest BCUT2D eigenvalue weighted by molar-refractivity contribution is -0.144. The first-order valence-electron chi connectivity index (χ1n) is 8.51. The van der Waals surface area contributed by atoms with Crippen LogP contribution in [0.1, 0.15) is 18.7 Å². The molecule has 1 aromatic carbocycles. The number of anilines is 1. The van der Waals surface area contributed by atoms with Gasteiger partial charge in [0.2, 0.25) is 22.6 Å². The molecule has 0 amide bonds. The van der Waals surface area contributed by atoms with Crippen LogP contribution in [0.4, 0.5) is 19.0 Å². The molecule has 0 radical (unpaired) electrons. The molecule has 28 heavy (non-hydrogen) atoms. The van der Waals surface area contributed by atoms with Crippen molar-refractivity contribution >= 4 is 26.7 Å². The number of aromatic nitrogens is 2. The van der Waals surface area contributed by atoms with E-state index in [4.69, 9.17) is 9.47 Å². The predicted molar refractivity (Wildman–Crippen MR) is 93.9 cm³/mol. The maximum Gasteiger partial charge on any atom is 0.451 e. The highest BCUT2D eigenvalue weighted by atomic mass is 32.2. The molecule has 0 unspecified atom stereocenters. The van der Waals surface area contributed by atoms with E-state index in [9.17, 15) is 21.6 Å². The summed E-state index contributed by atoms with van der Waals surface area (Å²) in [4.78, 5) is 9.14. The quantitative estimate of drug-likeness (QED) is 0.814. The van der Waals surface area contributed by atoms with Crippen molar-refractivity contribution in [1.29, 1.82) is 0 Å². The molecular formula is C16H17F3N4O4S. The number of ether oxygens (including phenoxy) is 2. The topological polar surface area (TPSA) is 93.7 Å². The van der Waals surface area contributed by atoms with E-state index in [-0.39, 0.29) is 24.2 Å². The Hall–Kier alpha value is -2.34. The molecule has 152 valence electrons. The molecule has 1 N–H and O–H groups in total. The number of alkyl halides is 3. The fourth-order valence-electron chi connectivity index (χ4n) is 3.38. The third kappa shape index (κ3) is 3.78. The lowest BCUT2D eigenvalue weighted by Gasteiger charge is -2.33. The second-order valence-corrected chi connectivity index (χ2v) is 8.52. The van der Waals surface area contributed by atoms with E-state index in [0.717, 1.165) is 6.26 Å². The fraction of sp³-hybridized carbons (Fsp3) is 0.500. The number of hydrogen-bond acceptors (Lipinski definition) is 7. The third-order valence-corrected chi connectivity index (χ3v) is 5.36. The molecule has 4 rings (SSSR count). The van der Waals surface area contributed by atoms with Crippen molar-refractivity contribution in [2.45, 2.75) is 25.1 Å². The molecule has 8 nitrogen and oxygen atoms in total. The maximum atomic E-state index is 13.3. The van der Waals surface area contributed by atoms with Crippen LogP contribution in [0, 0.1) is 0 Å². The summed E-state index contributed by atoms with van der Waals surface area (Å²) in [5.74, 6) is -0.328. The number of fused-ring (bicyclic) bond motifs is 2. The fourth-order valence-corrected chi connectivity index (χ4v) is 4.22. The molecule has 0 aliphatic carbocycles. The molecule has 2 aromatic rings. The van der Waals surface area contributed by atoms with E-state index in [0.29, 0.717) is 42.8 Å². The van der Waals surface area contributed by atoms with Gasteiger partial charge in [-0.3, -0.25) is 0 Å². The number of piperidine rings is 1. The van der Waals surface area contributed by atoms with Gasteiger partial charge in [0.15, 0.2) is 11.5 Å². The highest BCUT2D eigenvalue weighted by Crippen LogP contribution is 2.40. The minimum atomic E-state index is -4.70. The minimum absolute atomic E-state index is 0.0108. The molecule has 1 fully saturated rings. The van der Waals surface area contributed by atoms with Gasteiger partial charge in [0, 0.05) is 30.6 Å². The van der Waals surface area contributed by atoms with Crippen molar-refractivity contribution in [3.63, 3.8) is 0 Å². The van der Waals surface area contributed by atoms with Gasteiger partial charge in [-0.05, 0) is 18.9 Å². The molecule has 2 aliphatic rings. The van der Waals surface area contributed by atoms with Crippen molar-refractivity contribution in [1.82, 2.24) is 14.7 Å². The Morgan fingerprint density at radius 1 is 1.14 bits per heavy atom. The predicted octanol–water partition coefficient (Wildman–Crippen LogP) is 1.90. The van der Waals surface area contributed by atoms with Crippen LogP contribution in [0.5, 0.6) is 11.5 Å². The highest BCUT2D eigenvalue weighted by molar-refractivity contribution is 7.88. The van der Waals surface area contributed by atoms with Gasteiger partial charge in [0.25, 0.3) is 0 Å². The van der Waals surface area contributed by atoms with Crippen molar-refractivity contribution in [3.05, 3.63) is 18.0 Å². The van der Waals surface area contributed by atoms with E-state index in [1.54, 1.807) is 11.0 Å². The largest absolute Gasteiger partial charge is 0.454 e. The standard InChI is InChI=1S/C16H17F3N4O4S/c1-28(24,25)22-9-2-4-23(5-3-9)14-10-6-12-13(27-8-26-12)7-11(10)20-15(21-14)16(17,18)19/h6-7,9,22H,2-5,8H2,1H3. The van der Waals surface area contributed by atoms with Gasteiger partial charge in [-0.1, -0.05) is 0 Å². The summed E-state index contributed by atoms with van der Waals surface area (Å²) in [6.07, 6.45) is -2.72. The van der Waals surface area contributed by atoms with Crippen LogP contribution in [-0.2, 0) is 16.2 Å². The molecular weight excluding hydrogens is 401 g/mol. The monoisotopic (exact) mass is 418 g/mol. The Kier molecular flexibility index (Phi) is 4.49. The first kappa shape index (κ1) is 19.0. The molecule has 12 heteroatoms. The highest BCUT2D eigenvalue weighted by Gasteiger charge is 2.37. The maximum absolute atomic E-state index is 13.3. The Morgan fingerprint density at radius 3 is 2.39 bits per heavy atom. The molecule has 1 saturated heterocycles. The van der Waals surface area contributed by atoms with Gasteiger partial charge in [-0.2, -0.15) is 13.2 Å². The van der Waals surface area contributed by atoms with Gasteiger partial charge in [0.1, 0.15) is 5.82 Å². The summed E-state index contributed by atoms with van der Waals surface area (Å²) in [6, 6.07) is 2.73. The molecule has 0 atom stereocenters. The second-order valence-electron chi connectivity index (χ2n) is 6.74. The molecule has 0 saturated carbocycles. The number of sulfonamides is 1. The Labute approximate surface area is 158 Å². The second kappa shape index (κ2) is 6.62. The van der Waals surface area contributed by atoms with Crippen LogP contribution >= 0.6 is 0 Å². The lowest BCUT2D eigenvalue weighted by Crippen LogP contribution is -2.44. The number of halogens is 3. The molecule has 0 spiro atoms. The number of nitrogens with zero attached hydrogens (tertiary/aromatic N) is 3. The minimum Gasteiger partial charge on any atom is -0.454 e. The van der Waals surface area contributed by atoms with Crippen LogP contribution in [-0.4, -0.2) is 50.6 Å². The molecule has 2 aliphatic heterocycles. The van der Waals surface area contributed by atoms with Crippen LogP contribution in [0.25, 0.3) is 10.9 Å². The zero-order chi connectivity index (χ0) is 20.1. The Balaban J connectivity index is 1.71. The number of benzene rings is 1. The van der Waals surface area contributed by atoms with Gasteiger partial charge in [0.05, 0.1) is 11.8 Å². The first-order chi connectivity index (χ1) is 13.1. The molecule has 1 aromatic heterocycles. The van der Waals surface area contributed by atoms with Crippen LogP contribution in [0.15, 0.2) is 12.1 Å². The van der Waals surface area contributed by atoms with E-state index in [1.165, 1.54) is 6.07 Å². The molecule has 0 bridgehead atoms. The first-order valence-corrected chi connectivity index (χ1v) is 10.4. The summed E-state index contributed by atoms with van der Waals surface area (Å²) in [7, 11) is -3.35. The van der Waals surface area contributed by atoms with Gasteiger partial charge in [-0.15, -0.1) is 0 Å². The van der Waals surface area contributed by atoms with Gasteiger partial charge >= 0.3 is 6.18 Å². The van der Waals surface area contributed by atoms with Gasteiger partial charge in [-0.25, -0.2) is 23.1 Å². The van der Waals surface area contributed by atoms with E-state index >= 15 is 0 Å². The third-order valence-electron chi connectivity index (χ3n) is 4.60. The Bertz CT molecular complexity index is 1020. The van der Waals surface area contributed by atoms with Crippen molar-refractivity contribution in [3.8, 4) is 11.5 Å². The average Bonchev–Trinajstić information content (AvgIpc) is 3.04. The smallest absolute Gasteiger partial charge is 0.451 e. The summed E-state index contributed by atoms with van der Waals surface area (Å²) in [5, 5.41) is 0.423.